The van der Waals surface area contributed by atoms with Crippen molar-refractivity contribution >= 4 is 11.6 Å². The first kappa shape index (κ1) is 15.7. The molecule has 0 fully saturated rings. The number of aromatic nitrogens is 2. The maximum atomic E-state index is 5.99. The number of benzene rings is 1. The van der Waals surface area contributed by atoms with Gasteiger partial charge in [0.05, 0.1) is 0 Å². The number of nitrogens with zero attached hydrogens (tertiary/aromatic N) is 2. The second-order valence-corrected chi connectivity index (χ2v) is 5.55. The summed E-state index contributed by atoms with van der Waals surface area (Å²) in [6.07, 6.45) is 0. The molecule has 0 amide bonds. The third kappa shape index (κ3) is 4.16. The summed E-state index contributed by atoms with van der Waals surface area (Å²) in [4.78, 5) is 8.37. The molecule has 21 heavy (non-hydrogen) atoms. The van der Waals surface area contributed by atoms with Crippen LogP contribution in [0.2, 0.25) is 5.15 Å². The molecular weight excluding hydrogens is 288 g/mol. The zero-order chi connectivity index (χ0) is 15.4. The summed E-state index contributed by atoms with van der Waals surface area (Å²) in [7, 11) is 1.58. The average Bonchev–Trinajstić information content (AvgIpc) is 2.40. The number of hydrogen-bond donors (Lipinski definition) is 0. The predicted octanol–water partition coefficient (Wildman–Crippen LogP) is 4.50. The van der Waals surface area contributed by atoms with Gasteiger partial charge in [0.15, 0.2) is 5.82 Å². The number of hydrogen-bond acceptors (Lipinski definition) is 4. The van der Waals surface area contributed by atoms with E-state index in [1.807, 2.05) is 19.1 Å². The molecule has 0 unspecified atom stereocenters. The van der Waals surface area contributed by atoms with Gasteiger partial charge in [-0.25, -0.2) is 4.98 Å². The van der Waals surface area contributed by atoms with Crippen LogP contribution >= 0.6 is 11.6 Å². The van der Waals surface area contributed by atoms with Crippen LogP contribution in [0.1, 0.15) is 36.7 Å². The van der Waals surface area contributed by atoms with Crippen LogP contribution in [0.15, 0.2) is 24.3 Å². The Labute approximate surface area is 130 Å². The second kappa shape index (κ2) is 6.87. The molecule has 0 aliphatic carbocycles. The fraction of sp³-hybridized carbons (Fsp3) is 0.375. The van der Waals surface area contributed by atoms with Crippen LogP contribution in [0, 0.1) is 6.92 Å². The largest absolute Gasteiger partial charge is 0.439 e. The lowest BCUT2D eigenvalue weighted by molar-refractivity contribution is 0.177. The normalized spacial score (nSPS) is 11.0. The molecule has 2 rings (SSSR count). The van der Waals surface area contributed by atoms with Gasteiger partial charge in [-0.3, -0.25) is 0 Å². The average molecular weight is 307 g/mol. The number of rotatable bonds is 5. The summed E-state index contributed by atoms with van der Waals surface area (Å²) in [6, 6.07) is 7.79. The minimum atomic E-state index is 0.294. The summed E-state index contributed by atoms with van der Waals surface area (Å²) in [6.45, 7) is 6.58. The summed E-state index contributed by atoms with van der Waals surface area (Å²) in [5, 5.41) is 0.338. The quantitative estimate of drug-likeness (QED) is 0.763. The van der Waals surface area contributed by atoms with Crippen molar-refractivity contribution in [3.63, 3.8) is 0 Å². The summed E-state index contributed by atoms with van der Waals surface area (Å²) in [5.74, 6) is 2.13. The predicted molar refractivity (Wildman–Crippen MR) is 83.1 cm³/mol. The van der Waals surface area contributed by atoms with Gasteiger partial charge in [-0.05, 0) is 30.0 Å². The first-order valence-corrected chi connectivity index (χ1v) is 7.18. The summed E-state index contributed by atoms with van der Waals surface area (Å²) < 4.78 is 10.9. The number of ether oxygens (including phenoxy) is 2. The summed E-state index contributed by atoms with van der Waals surface area (Å²) in [5.41, 5.74) is 2.26. The van der Waals surface area contributed by atoms with Gasteiger partial charge >= 0.3 is 0 Å². The fourth-order valence-electron chi connectivity index (χ4n) is 1.89. The third-order valence-corrected chi connectivity index (χ3v) is 3.28. The molecule has 0 spiro atoms. The number of halogens is 1. The second-order valence-electron chi connectivity index (χ2n) is 5.16. The van der Waals surface area contributed by atoms with Crippen LogP contribution in [0.3, 0.4) is 0 Å². The fourth-order valence-corrected chi connectivity index (χ4v) is 2.08. The van der Waals surface area contributed by atoms with E-state index in [1.54, 1.807) is 13.2 Å². The van der Waals surface area contributed by atoms with Crippen molar-refractivity contribution in [3.05, 3.63) is 46.4 Å². The SMILES string of the molecule is COCc1nc(Cl)cc(Oc2cc(C(C)C)ccc2C)n1. The van der Waals surface area contributed by atoms with E-state index in [9.17, 15) is 0 Å². The minimum absolute atomic E-state index is 0.294. The van der Waals surface area contributed by atoms with Crippen LogP contribution in [-0.4, -0.2) is 17.1 Å². The molecule has 0 bridgehead atoms. The first-order valence-electron chi connectivity index (χ1n) is 6.80. The lowest BCUT2D eigenvalue weighted by atomic mass is 10.0. The topological polar surface area (TPSA) is 44.2 Å². The number of aryl methyl sites for hydroxylation is 1. The van der Waals surface area contributed by atoms with Crippen molar-refractivity contribution in [3.8, 4) is 11.6 Å². The Morgan fingerprint density at radius 1 is 1.19 bits per heavy atom. The Balaban J connectivity index is 2.31. The number of methoxy groups -OCH3 is 1. The van der Waals surface area contributed by atoms with Crippen LogP contribution in [0.5, 0.6) is 11.6 Å². The van der Waals surface area contributed by atoms with E-state index >= 15 is 0 Å². The van der Waals surface area contributed by atoms with Gasteiger partial charge < -0.3 is 9.47 Å². The van der Waals surface area contributed by atoms with Crippen molar-refractivity contribution in [1.82, 2.24) is 9.97 Å². The Bertz CT molecular complexity index is 630. The Hall–Kier alpha value is -1.65. The summed E-state index contributed by atoms with van der Waals surface area (Å²) >= 11 is 5.99. The van der Waals surface area contributed by atoms with E-state index in [1.165, 1.54) is 5.56 Å². The molecule has 0 radical (unpaired) electrons. The molecule has 0 saturated carbocycles. The maximum Gasteiger partial charge on any atom is 0.224 e. The van der Waals surface area contributed by atoms with Gasteiger partial charge in [-0.2, -0.15) is 4.98 Å². The third-order valence-electron chi connectivity index (χ3n) is 3.08. The molecule has 0 aliphatic rings. The Kier molecular flexibility index (Phi) is 5.15. The molecule has 112 valence electrons. The molecule has 1 heterocycles. The molecule has 0 N–H and O–H groups in total. The standard InChI is InChI=1S/C16H19ClN2O2/c1-10(2)12-6-5-11(3)13(7-12)21-16-8-14(17)18-15(19-16)9-20-4/h5-8,10H,9H2,1-4H3. The van der Waals surface area contributed by atoms with E-state index < -0.39 is 0 Å². The van der Waals surface area contributed by atoms with E-state index in [0.717, 1.165) is 11.3 Å². The van der Waals surface area contributed by atoms with Gasteiger partial charge in [-0.15, -0.1) is 0 Å². The van der Waals surface area contributed by atoms with E-state index in [2.05, 4.69) is 29.9 Å². The highest BCUT2D eigenvalue weighted by atomic mass is 35.5. The van der Waals surface area contributed by atoms with Crippen LogP contribution in [-0.2, 0) is 11.3 Å². The smallest absolute Gasteiger partial charge is 0.224 e. The van der Waals surface area contributed by atoms with Crippen molar-refractivity contribution < 1.29 is 9.47 Å². The molecular formula is C16H19ClN2O2. The maximum absolute atomic E-state index is 5.99. The molecule has 1 aromatic heterocycles. The highest BCUT2D eigenvalue weighted by Gasteiger charge is 2.09. The van der Waals surface area contributed by atoms with Gasteiger partial charge in [0.2, 0.25) is 5.88 Å². The lowest BCUT2D eigenvalue weighted by Gasteiger charge is -2.12. The zero-order valence-corrected chi connectivity index (χ0v) is 13.4. The Morgan fingerprint density at radius 2 is 1.95 bits per heavy atom. The van der Waals surface area contributed by atoms with E-state index in [4.69, 9.17) is 21.1 Å². The van der Waals surface area contributed by atoms with Crippen LogP contribution in [0.4, 0.5) is 0 Å². The van der Waals surface area contributed by atoms with E-state index in [0.29, 0.717) is 29.4 Å². The van der Waals surface area contributed by atoms with Gasteiger partial charge in [-0.1, -0.05) is 37.6 Å². The van der Waals surface area contributed by atoms with Crippen molar-refractivity contribution in [2.75, 3.05) is 7.11 Å². The molecule has 0 saturated heterocycles. The molecule has 1 aromatic carbocycles. The van der Waals surface area contributed by atoms with Gasteiger partial charge in [0.25, 0.3) is 0 Å². The zero-order valence-electron chi connectivity index (χ0n) is 12.7. The molecule has 0 aliphatic heterocycles. The monoisotopic (exact) mass is 306 g/mol. The highest BCUT2D eigenvalue weighted by molar-refractivity contribution is 6.29. The van der Waals surface area contributed by atoms with Crippen LogP contribution in [0.25, 0.3) is 0 Å². The van der Waals surface area contributed by atoms with Crippen molar-refractivity contribution in [2.45, 2.75) is 33.3 Å². The van der Waals surface area contributed by atoms with Crippen LogP contribution < -0.4 is 4.74 Å². The molecule has 4 nitrogen and oxygen atoms in total. The molecule has 5 heteroatoms. The minimum Gasteiger partial charge on any atom is -0.439 e. The van der Waals surface area contributed by atoms with Crippen molar-refractivity contribution in [2.24, 2.45) is 0 Å². The molecule has 0 atom stereocenters. The van der Waals surface area contributed by atoms with Gasteiger partial charge in [0, 0.05) is 13.2 Å². The lowest BCUT2D eigenvalue weighted by Crippen LogP contribution is -2.00. The van der Waals surface area contributed by atoms with Crippen molar-refractivity contribution in [1.29, 1.82) is 0 Å². The Morgan fingerprint density at radius 3 is 2.62 bits per heavy atom. The van der Waals surface area contributed by atoms with E-state index in [-0.39, 0.29) is 0 Å². The molecule has 2 aromatic rings. The van der Waals surface area contributed by atoms with Gasteiger partial charge in [0.1, 0.15) is 17.5 Å². The first-order chi connectivity index (χ1) is 9.99. The highest BCUT2D eigenvalue weighted by Crippen LogP contribution is 2.28.